The Labute approximate surface area is 91.4 Å². The van der Waals surface area contributed by atoms with Crippen molar-refractivity contribution in [2.75, 3.05) is 0 Å². The molecule has 0 aromatic carbocycles. The van der Waals surface area contributed by atoms with Crippen LogP contribution >= 0.6 is 0 Å². The maximum atomic E-state index is 12.2. The van der Waals surface area contributed by atoms with Crippen molar-refractivity contribution < 1.29 is 9.53 Å². The fourth-order valence-corrected chi connectivity index (χ4v) is 4.54. The Morgan fingerprint density at radius 1 is 1.07 bits per heavy atom. The van der Waals surface area contributed by atoms with Crippen LogP contribution in [0.2, 0.25) is 0 Å². The summed E-state index contributed by atoms with van der Waals surface area (Å²) >= 11 is 0. The van der Waals surface area contributed by atoms with Gasteiger partial charge in [0.15, 0.2) is 0 Å². The van der Waals surface area contributed by atoms with Gasteiger partial charge in [-0.05, 0) is 38.5 Å². The zero-order chi connectivity index (χ0) is 11.1. The first kappa shape index (κ1) is 9.83. The van der Waals surface area contributed by atoms with E-state index in [1.54, 1.807) is 0 Å². The number of fused-ring (bicyclic) bond motifs is 1. The second-order valence-corrected chi connectivity index (χ2v) is 6.59. The lowest BCUT2D eigenvalue weighted by Crippen LogP contribution is -2.77. The first-order chi connectivity index (χ1) is 6.79. The Kier molecular flexibility index (Phi) is 1.42. The predicted octanol–water partition coefficient (Wildman–Crippen LogP) is 2.70. The number of ketones is 1. The summed E-state index contributed by atoms with van der Waals surface area (Å²) in [5, 5.41) is 0. The highest BCUT2D eigenvalue weighted by atomic mass is 16.6. The van der Waals surface area contributed by atoms with E-state index in [0.29, 0.717) is 5.78 Å². The van der Waals surface area contributed by atoms with Gasteiger partial charge in [-0.25, -0.2) is 0 Å². The third-order valence-corrected chi connectivity index (χ3v) is 5.85. The number of carbonyl (C=O) groups excluding carboxylic acids is 1. The molecule has 2 heteroatoms. The second kappa shape index (κ2) is 2.17. The van der Waals surface area contributed by atoms with E-state index in [4.69, 9.17) is 4.74 Å². The van der Waals surface area contributed by atoms with Crippen LogP contribution in [0, 0.1) is 10.8 Å². The minimum absolute atomic E-state index is 0.149. The van der Waals surface area contributed by atoms with Gasteiger partial charge >= 0.3 is 0 Å². The molecular formula is C13H20O2. The third-order valence-electron chi connectivity index (χ3n) is 5.85. The standard InChI is InChI=1S/C13H20O2/c1-10(2)6-5-9(14)12(4)11(3)7-8-13(10,12)15-11/h5-8H2,1-4H3/t11-,12-,13-/m1/s1. The van der Waals surface area contributed by atoms with E-state index in [-0.39, 0.29) is 22.0 Å². The van der Waals surface area contributed by atoms with Crippen molar-refractivity contribution in [1.82, 2.24) is 0 Å². The topological polar surface area (TPSA) is 26.3 Å². The van der Waals surface area contributed by atoms with Crippen LogP contribution in [0.3, 0.4) is 0 Å². The van der Waals surface area contributed by atoms with E-state index in [9.17, 15) is 4.79 Å². The molecule has 0 radical (unpaired) electrons. The molecule has 2 saturated heterocycles. The Balaban J connectivity index is 2.17. The number of ether oxygens (including phenoxy) is 1. The normalized spacial score (nSPS) is 56.1. The van der Waals surface area contributed by atoms with Crippen molar-refractivity contribution >= 4 is 5.78 Å². The SMILES string of the molecule is CC1(C)CCC(=O)[C@]2(C)[C@@]3(C)CC[C@@]12O3. The molecule has 84 valence electrons. The summed E-state index contributed by atoms with van der Waals surface area (Å²) in [5.74, 6) is 0.438. The van der Waals surface area contributed by atoms with Gasteiger partial charge in [0.25, 0.3) is 0 Å². The van der Waals surface area contributed by atoms with E-state index in [2.05, 4.69) is 27.7 Å². The van der Waals surface area contributed by atoms with Crippen molar-refractivity contribution in [2.45, 2.75) is 64.6 Å². The molecule has 2 saturated carbocycles. The third kappa shape index (κ3) is 0.692. The minimum Gasteiger partial charge on any atom is -0.366 e. The van der Waals surface area contributed by atoms with Crippen LogP contribution in [0.5, 0.6) is 0 Å². The summed E-state index contributed by atoms with van der Waals surface area (Å²) in [7, 11) is 0. The molecule has 2 aliphatic heterocycles. The molecule has 2 aliphatic carbocycles. The molecule has 2 nitrogen and oxygen atoms in total. The Bertz CT molecular complexity index is 360. The van der Waals surface area contributed by atoms with Gasteiger partial charge in [-0.3, -0.25) is 4.79 Å². The molecule has 0 unspecified atom stereocenters. The summed E-state index contributed by atoms with van der Waals surface area (Å²) in [6.45, 7) is 8.80. The second-order valence-electron chi connectivity index (χ2n) is 6.59. The van der Waals surface area contributed by atoms with Crippen LogP contribution in [0.1, 0.15) is 53.4 Å². The number of rotatable bonds is 0. The maximum absolute atomic E-state index is 12.2. The Hall–Kier alpha value is -0.370. The van der Waals surface area contributed by atoms with Gasteiger partial charge in [-0.2, -0.15) is 0 Å². The Morgan fingerprint density at radius 2 is 1.73 bits per heavy atom. The maximum Gasteiger partial charge on any atom is 0.144 e. The van der Waals surface area contributed by atoms with Gasteiger partial charge in [-0.1, -0.05) is 13.8 Å². The van der Waals surface area contributed by atoms with Crippen molar-refractivity contribution in [3.05, 3.63) is 0 Å². The van der Waals surface area contributed by atoms with E-state index in [1.807, 2.05) is 0 Å². The molecule has 2 bridgehead atoms. The quantitative estimate of drug-likeness (QED) is 0.612. The van der Waals surface area contributed by atoms with E-state index < -0.39 is 0 Å². The lowest BCUT2D eigenvalue weighted by Gasteiger charge is -2.68. The van der Waals surface area contributed by atoms with Crippen molar-refractivity contribution in [3.63, 3.8) is 0 Å². The molecule has 0 N–H and O–H groups in total. The number of hydrogen-bond acceptors (Lipinski definition) is 2. The van der Waals surface area contributed by atoms with Crippen molar-refractivity contribution in [3.8, 4) is 0 Å². The van der Waals surface area contributed by atoms with Crippen LogP contribution < -0.4 is 0 Å². The number of Topliss-reactive ketones (excluding diaryl/α,β-unsaturated/α-hetero) is 1. The molecule has 0 amide bonds. The lowest BCUT2D eigenvalue weighted by molar-refractivity contribution is -0.351. The molecule has 0 aromatic rings. The van der Waals surface area contributed by atoms with E-state index >= 15 is 0 Å². The van der Waals surface area contributed by atoms with Crippen molar-refractivity contribution in [2.24, 2.45) is 10.8 Å². The zero-order valence-corrected chi connectivity index (χ0v) is 10.1. The molecule has 4 rings (SSSR count). The monoisotopic (exact) mass is 208 g/mol. The van der Waals surface area contributed by atoms with Gasteiger partial charge in [-0.15, -0.1) is 0 Å². The molecule has 1 spiro atoms. The lowest BCUT2D eigenvalue weighted by atomic mass is 9.47. The molecule has 4 aliphatic rings. The fraction of sp³-hybridized carbons (Fsp3) is 0.923. The summed E-state index contributed by atoms with van der Waals surface area (Å²) in [4.78, 5) is 12.2. The zero-order valence-electron chi connectivity index (χ0n) is 10.1. The molecular weight excluding hydrogens is 188 g/mol. The molecule has 2 heterocycles. The molecule has 3 atom stereocenters. The summed E-state index contributed by atoms with van der Waals surface area (Å²) in [5.41, 5.74) is -0.362. The average Bonchev–Trinajstić information content (AvgIpc) is 2.63. The van der Waals surface area contributed by atoms with Gasteiger partial charge in [0, 0.05) is 6.42 Å². The average molecular weight is 208 g/mol. The first-order valence-electron chi connectivity index (χ1n) is 6.03. The number of hydrogen-bond donors (Lipinski definition) is 0. The molecule has 4 fully saturated rings. The van der Waals surface area contributed by atoms with Crippen LogP contribution in [0.15, 0.2) is 0 Å². The molecule has 15 heavy (non-hydrogen) atoms. The van der Waals surface area contributed by atoms with Crippen LogP contribution in [-0.4, -0.2) is 17.0 Å². The summed E-state index contributed by atoms with van der Waals surface area (Å²) < 4.78 is 6.20. The molecule has 0 aromatic heterocycles. The highest BCUT2D eigenvalue weighted by Gasteiger charge is 2.83. The fourth-order valence-electron chi connectivity index (χ4n) is 4.54. The van der Waals surface area contributed by atoms with Gasteiger partial charge in [0.1, 0.15) is 5.78 Å². The van der Waals surface area contributed by atoms with E-state index in [1.165, 1.54) is 0 Å². The van der Waals surface area contributed by atoms with Gasteiger partial charge < -0.3 is 4.74 Å². The smallest absolute Gasteiger partial charge is 0.144 e. The highest BCUT2D eigenvalue weighted by Crippen LogP contribution is 2.75. The van der Waals surface area contributed by atoms with Crippen molar-refractivity contribution in [1.29, 1.82) is 0 Å². The summed E-state index contributed by atoms with van der Waals surface area (Å²) in [6.07, 6.45) is 3.85. The minimum atomic E-state index is -0.207. The van der Waals surface area contributed by atoms with Gasteiger partial charge in [0.05, 0.1) is 16.6 Å². The summed E-state index contributed by atoms with van der Waals surface area (Å²) in [6, 6.07) is 0. The predicted molar refractivity (Wildman–Crippen MR) is 57.6 cm³/mol. The Morgan fingerprint density at radius 3 is 2.27 bits per heavy atom. The highest BCUT2D eigenvalue weighted by molar-refractivity contribution is 5.90. The van der Waals surface area contributed by atoms with E-state index in [0.717, 1.165) is 25.7 Å². The van der Waals surface area contributed by atoms with Crippen LogP contribution in [-0.2, 0) is 9.53 Å². The first-order valence-corrected chi connectivity index (χ1v) is 6.03. The largest absolute Gasteiger partial charge is 0.366 e. The number of carbonyl (C=O) groups is 1. The van der Waals surface area contributed by atoms with Crippen LogP contribution in [0.4, 0.5) is 0 Å². The van der Waals surface area contributed by atoms with Crippen LogP contribution in [0.25, 0.3) is 0 Å². The van der Waals surface area contributed by atoms with Gasteiger partial charge in [0.2, 0.25) is 0 Å².